The molecule has 2 nitrogen and oxygen atoms in total. The Morgan fingerprint density at radius 1 is 1.21 bits per heavy atom. The van der Waals surface area contributed by atoms with Crippen LogP contribution in [0.2, 0.25) is 0 Å². The molecule has 112 valence electrons. The molecule has 2 fully saturated rings. The van der Waals surface area contributed by atoms with Crippen LogP contribution < -0.4 is 5.32 Å². The molecule has 0 bridgehead atoms. The lowest BCUT2D eigenvalue weighted by Crippen LogP contribution is -2.44. The van der Waals surface area contributed by atoms with Crippen LogP contribution >= 0.6 is 11.8 Å². The molecule has 0 saturated carbocycles. The SMILES string of the molecule is CNC(CC1CCSCC1)C1CC(C)(C)OC1(C)C. The summed E-state index contributed by atoms with van der Waals surface area (Å²) < 4.78 is 6.28. The van der Waals surface area contributed by atoms with Crippen molar-refractivity contribution in [3.8, 4) is 0 Å². The number of nitrogens with one attached hydrogen (secondary N) is 1. The highest BCUT2D eigenvalue weighted by Crippen LogP contribution is 2.45. The maximum atomic E-state index is 6.28. The summed E-state index contributed by atoms with van der Waals surface area (Å²) in [5.74, 6) is 4.26. The highest BCUT2D eigenvalue weighted by Gasteiger charge is 2.48. The Morgan fingerprint density at radius 2 is 1.84 bits per heavy atom. The zero-order valence-electron chi connectivity index (χ0n) is 13.3. The molecule has 2 heterocycles. The van der Waals surface area contributed by atoms with Gasteiger partial charge in [-0.25, -0.2) is 0 Å². The predicted octanol–water partition coefficient (Wildman–Crippen LogP) is 3.70. The van der Waals surface area contributed by atoms with Crippen LogP contribution in [0.4, 0.5) is 0 Å². The van der Waals surface area contributed by atoms with Crippen LogP contribution in [-0.2, 0) is 4.74 Å². The third kappa shape index (κ3) is 3.89. The molecule has 19 heavy (non-hydrogen) atoms. The molecule has 0 aromatic carbocycles. The first kappa shape index (κ1) is 15.7. The lowest BCUT2D eigenvalue weighted by atomic mass is 9.77. The summed E-state index contributed by atoms with van der Waals surface area (Å²) in [6.45, 7) is 9.01. The van der Waals surface area contributed by atoms with Gasteiger partial charge in [-0.2, -0.15) is 11.8 Å². The van der Waals surface area contributed by atoms with Gasteiger partial charge >= 0.3 is 0 Å². The molecule has 0 amide bonds. The lowest BCUT2D eigenvalue weighted by molar-refractivity contribution is -0.0781. The molecular formula is C16H31NOS. The van der Waals surface area contributed by atoms with Crippen molar-refractivity contribution in [3.05, 3.63) is 0 Å². The third-order valence-electron chi connectivity index (χ3n) is 4.93. The standard InChI is InChI=1S/C16H31NOS/c1-15(2)11-13(16(3,4)18-15)14(17-5)10-12-6-8-19-9-7-12/h12-14,17H,6-11H2,1-5H3. The van der Waals surface area contributed by atoms with E-state index in [0.717, 1.165) is 5.92 Å². The monoisotopic (exact) mass is 285 g/mol. The maximum absolute atomic E-state index is 6.28. The van der Waals surface area contributed by atoms with Crippen LogP contribution in [-0.4, -0.2) is 35.8 Å². The van der Waals surface area contributed by atoms with Crippen molar-refractivity contribution in [2.75, 3.05) is 18.6 Å². The number of hydrogen-bond donors (Lipinski definition) is 1. The van der Waals surface area contributed by atoms with E-state index in [1.54, 1.807) is 0 Å². The Bertz CT molecular complexity index is 297. The maximum Gasteiger partial charge on any atom is 0.0677 e. The van der Waals surface area contributed by atoms with Gasteiger partial charge in [0.15, 0.2) is 0 Å². The molecule has 0 aromatic rings. The van der Waals surface area contributed by atoms with Crippen molar-refractivity contribution >= 4 is 11.8 Å². The normalized spacial score (nSPS) is 32.4. The van der Waals surface area contributed by atoms with Crippen LogP contribution in [0, 0.1) is 11.8 Å². The van der Waals surface area contributed by atoms with Gasteiger partial charge in [-0.3, -0.25) is 0 Å². The molecule has 2 aliphatic rings. The summed E-state index contributed by atoms with van der Waals surface area (Å²) in [6.07, 6.45) is 5.30. The fourth-order valence-corrected chi connectivity index (χ4v) is 5.26. The summed E-state index contributed by atoms with van der Waals surface area (Å²) in [5, 5.41) is 3.60. The zero-order valence-corrected chi connectivity index (χ0v) is 14.1. The molecule has 2 atom stereocenters. The summed E-state index contributed by atoms with van der Waals surface area (Å²) in [4.78, 5) is 0. The minimum absolute atomic E-state index is 0.000589. The Hall–Kier alpha value is 0.270. The van der Waals surface area contributed by atoms with Gasteiger partial charge in [-0.05, 0) is 77.8 Å². The van der Waals surface area contributed by atoms with E-state index in [-0.39, 0.29) is 11.2 Å². The molecule has 2 aliphatic heterocycles. The Kier molecular flexibility index (Phi) is 4.90. The summed E-state index contributed by atoms with van der Waals surface area (Å²) >= 11 is 2.12. The van der Waals surface area contributed by atoms with Crippen molar-refractivity contribution in [2.45, 2.75) is 70.6 Å². The van der Waals surface area contributed by atoms with E-state index in [9.17, 15) is 0 Å². The molecule has 3 heteroatoms. The summed E-state index contributed by atoms with van der Waals surface area (Å²) in [6, 6.07) is 0.602. The smallest absolute Gasteiger partial charge is 0.0677 e. The average molecular weight is 285 g/mol. The van der Waals surface area contributed by atoms with Crippen molar-refractivity contribution in [1.29, 1.82) is 0 Å². The average Bonchev–Trinajstić information content (AvgIpc) is 2.55. The van der Waals surface area contributed by atoms with Gasteiger partial charge in [-0.1, -0.05) is 0 Å². The van der Waals surface area contributed by atoms with E-state index in [1.165, 1.54) is 37.2 Å². The van der Waals surface area contributed by atoms with E-state index in [4.69, 9.17) is 4.74 Å². The van der Waals surface area contributed by atoms with E-state index in [0.29, 0.717) is 12.0 Å². The van der Waals surface area contributed by atoms with Crippen LogP contribution in [0.1, 0.15) is 53.4 Å². The molecule has 0 radical (unpaired) electrons. The van der Waals surface area contributed by atoms with Crippen LogP contribution in [0.3, 0.4) is 0 Å². The minimum atomic E-state index is 0.000589. The second kappa shape index (κ2) is 5.95. The van der Waals surface area contributed by atoms with Crippen molar-refractivity contribution < 1.29 is 4.74 Å². The Morgan fingerprint density at radius 3 is 2.32 bits per heavy atom. The second-order valence-electron chi connectivity index (χ2n) is 7.46. The molecule has 1 N–H and O–H groups in total. The fraction of sp³-hybridized carbons (Fsp3) is 1.00. The first-order valence-electron chi connectivity index (χ1n) is 7.79. The zero-order chi connectivity index (χ0) is 14.1. The largest absolute Gasteiger partial charge is 0.369 e. The highest BCUT2D eigenvalue weighted by atomic mass is 32.2. The summed E-state index contributed by atoms with van der Waals surface area (Å²) in [5.41, 5.74) is 0.0340. The molecule has 2 unspecified atom stereocenters. The highest BCUT2D eigenvalue weighted by molar-refractivity contribution is 7.99. The number of thioether (sulfide) groups is 1. The van der Waals surface area contributed by atoms with E-state index in [1.807, 2.05) is 0 Å². The molecular weight excluding hydrogens is 254 g/mol. The van der Waals surface area contributed by atoms with E-state index >= 15 is 0 Å². The van der Waals surface area contributed by atoms with Gasteiger partial charge in [0.1, 0.15) is 0 Å². The Labute approximate surface area is 123 Å². The van der Waals surface area contributed by atoms with Crippen LogP contribution in [0.15, 0.2) is 0 Å². The Balaban J connectivity index is 2.00. The molecule has 0 aromatic heterocycles. The summed E-state index contributed by atoms with van der Waals surface area (Å²) in [7, 11) is 2.13. The van der Waals surface area contributed by atoms with Crippen molar-refractivity contribution in [2.24, 2.45) is 11.8 Å². The first-order chi connectivity index (χ1) is 8.84. The van der Waals surface area contributed by atoms with Gasteiger partial charge in [0.2, 0.25) is 0 Å². The molecule has 2 rings (SSSR count). The number of rotatable bonds is 4. The molecule has 0 spiro atoms. The topological polar surface area (TPSA) is 21.3 Å². The molecule has 0 aliphatic carbocycles. The third-order valence-corrected chi connectivity index (χ3v) is 5.98. The number of ether oxygens (including phenoxy) is 1. The van der Waals surface area contributed by atoms with Gasteiger partial charge in [0, 0.05) is 12.0 Å². The predicted molar refractivity (Wildman–Crippen MR) is 84.9 cm³/mol. The van der Waals surface area contributed by atoms with E-state index < -0.39 is 0 Å². The first-order valence-corrected chi connectivity index (χ1v) is 8.95. The van der Waals surface area contributed by atoms with Gasteiger partial charge < -0.3 is 10.1 Å². The van der Waals surface area contributed by atoms with Crippen LogP contribution in [0.5, 0.6) is 0 Å². The van der Waals surface area contributed by atoms with E-state index in [2.05, 4.69) is 51.8 Å². The van der Waals surface area contributed by atoms with Gasteiger partial charge in [-0.15, -0.1) is 0 Å². The lowest BCUT2D eigenvalue weighted by Gasteiger charge is -2.35. The quantitative estimate of drug-likeness (QED) is 0.851. The molecule has 2 saturated heterocycles. The fourth-order valence-electron chi connectivity index (χ4n) is 4.06. The van der Waals surface area contributed by atoms with Crippen molar-refractivity contribution in [3.63, 3.8) is 0 Å². The second-order valence-corrected chi connectivity index (χ2v) is 8.69. The number of hydrogen-bond acceptors (Lipinski definition) is 3. The van der Waals surface area contributed by atoms with Crippen LogP contribution in [0.25, 0.3) is 0 Å². The van der Waals surface area contributed by atoms with Gasteiger partial charge in [0.05, 0.1) is 11.2 Å². The minimum Gasteiger partial charge on any atom is -0.369 e. The van der Waals surface area contributed by atoms with Gasteiger partial charge in [0.25, 0.3) is 0 Å². The van der Waals surface area contributed by atoms with Crippen molar-refractivity contribution in [1.82, 2.24) is 5.32 Å².